The minimum atomic E-state index is -0.145. The molecule has 0 bridgehead atoms. The third-order valence-corrected chi connectivity index (χ3v) is 4.13. The predicted molar refractivity (Wildman–Crippen MR) is 77.6 cm³/mol. The summed E-state index contributed by atoms with van der Waals surface area (Å²) in [6.07, 6.45) is 1.05. The fourth-order valence-electron chi connectivity index (χ4n) is 2.39. The molecule has 0 amide bonds. The van der Waals surface area contributed by atoms with Crippen molar-refractivity contribution in [3.8, 4) is 0 Å². The monoisotopic (exact) mass is 314 g/mol. The number of halogens is 2. The van der Waals surface area contributed by atoms with Crippen molar-refractivity contribution in [2.45, 2.75) is 26.3 Å². The van der Waals surface area contributed by atoms with Crippen LogP contribution in [-0.4, -0.2) is 25.7 Å². The van der Waals surface area contributed by atoms with Gasteiger partial charge in [0.25, 0.3) is 0 Å². The molecule has 1 aromatic rings. The third kappa shape index (κ3) is 3.04. The molecular weight excluding hydrogens is 295 g/mol. The number of anilines is 1. The zero-order valence-corrected chi connectivity index (χ0v) is 12.5. The summed E-state index contributed by atoms with van der Waals surface area (Å²) >= 11 is 3.46. The van der Waals surface area contributed by atoms with Crippen LogP contribution in [0.5, 0.6) is 0 Å². The van der Waals surface area contributed by atoms with Gasteiger partial charge in [0.1, 0.15) is 5.82 Å². The molecule has 1 N–H and O–H groups in total. The van der Waals surface area contributed by atoms with Crippen LogP contribution in [0.25, 0.3) is 0 Å². The summed E-state index contributed by atoms with van der Waals surface area (Å²) in [5, 5.41) is 3.54. The van der Waals surface area contributed by atoms with Crippen molar-refractivity contribution in [1.29, 1.82) is 0 Å². The fraction of sp³-hybridized carbons (Fsp3) is 0.571. The second-order valence-corrected chi connectivity index (χ2v) is 6.03. The SMILES string of the molecule is CC(C)C1CN(c2c(F)cccc2Br)CCCN1. The zero-order chi connectivity index (χ0) is 13.1. The van der Waals surface area contributed by atoms with E-state index in [1.807, 2.05) is 6.07 Å². The Kier molecular flexibility index (Phi) is 4.62. The summed E-state index contributed by atoms with van der Waals surface area (Å²) < 4.78 is 14.8. The van der Waals surface area contributed by atoms with Gasteiger partial charge >= 0.3 is 0 Å². The zero-order valence-electron chi connectivity index (χ0n) is 10.9. The number of hydrogen-bond donors (Lipinski definition) is 1. The molecule has 1 heterocycles. The van der Waals surface area contributed by atoms with Gasteiger partial charge in [0, 0.05) is 23.6 Å². The van der Waals surface area contributed by atoms with E-state index >= 15 is 0 Å². The van der Waals surface area contributed by atoms with E-state index in [1.165, 1.54) is 6.07 Å². The lowest BCUT2D eigenvalue weighted by Crippen LogP contribution is -2.41. The van der Waals surface area contributed by atoms with Gasteiger partial charge in [-0.25, -0.2) is 4.39 Å². The van der Waals surface area contributed by atoms with E-state index in [4.69, 9.17) is 0 Å². The standard InChI is InChI=1S/C14H20BrFN2/c1-10(2)13-9-18(8-4-7-17-13)14-11(15)5-3-6-12(14)16/h3,5-6,10,13,17H,4,7-9H2,1-2H3. The van der Waals surface area contributed by atoms with Gasteiger partial charge < -0.3 is 10.2 Å². The first-order valence-electron chi connectivity index (χ1n) is 6.52. The van der Waals surface area contributed by atoms with Crippen molar-refractivity contribution in [2.75, 3.05) is 24.5 Å². The Morgan fingerprint density at radius 1 is 1.44 bits per heavy atom. The highest BCUT2D eigenvalue weighted by Crippen LogP contribution is 2.30. The molecule has 2 nitrogen and oxygen atoms in total. The Morgan fingerprint density at radius 3 is 2.89 bits per heavy atom. The summed E-state index contributed by atoms with van der Waals surface area (Å²) in [6, 6.07) is 5.59. The van der Waals surface area contributed by atoms with Crippen LogP contribution < -0.4 is 10.2 Å². The molecule has 1 fully saturated rings. The van der Waals surface area contributed by atoms with Gasteiger partial charge in [0.2, 0.25) is 0 Å². The van der Waals surface area contributed by atoms with E-state index in [9.17, 15) is 4.39 Å². The summed E-state index contributed by atoms with van der Waals surface area (Å²) in [4.78, 5) is 2.16. The molecular formula is C14H20BrFN2. The molecule has 18 heavy (non-hydrogen) atoms. The maximum absolute atomic E-state index is 14.0. The Labute approximate surface area is 117 Å². The number of nitrogens with one attached hydrogen (secondary N) is 1. The molecule has 0 spiro atoms. The minimum Gasteiger partial charge on any atom is -0.367 e. The summed E-state index contributed by atoms with van der Waals surface area (Å²) in [5.74, 6) is 0.407. The Hall–Kier alpha value is -0.610. The van der Waals surface area contributed by atoms with Crippen molar-refractivity contribution in [2.24, 2.45) is 5.92 Å². The van der Waals surface area contributed by atoms with E-state index < -0.39 is 0 Å². The lowest BCUT2D eigenvalue weighted by molar-refractivity contribution is 0.419. The van der Waals surface area contributed by atoms with Crippen LogP contribution in [0.3, 0.4) is 0 Å². The molecule has 1 atom stereocenters. The minimum absolute atomic E-state index is 0.145. The van der Waals surface area contributed by atoms with Gasteiger partial charge in [-0.3, -0.25) is 0 Å². The number of nitrogens with zero attached hydrogens (tertiary/aromatic N) is 1. The number of hydrogen-bond acceptors (Lipinski definition) is 2. The first-order chi connectivity index (χ1) is 8.59. The van der Waals surface area contributed by atoms with Gasteiger partial charge in [0.15, 0.2) is 0 Å². The molecule has 0 aliphatic carbocycles. The summed E-state index contributed by atoms with van der Waals surface area (Å²) in [6.45, 7) is 7.17. The van der Waals surface area contributed by atoms with E-state index in [1.54, 1.807) is 6.07 Å². The molecule has 100 valence electrons. The Bertz CT molecular complexity index is 389. The maximum Gasteiger partial charge on any atom is 0.147 e. The molecule has 1 aliphatic heterocycles. The lowest BCUT2D eigenvalue weighted by Gasteiger charge is -2.29. The van der Waals surface area contributed by atoms with Crippen LogP contribution in [0, 0.1) is 11.7 Å². The number of rotatable bonds is 2. The first-order valence-corrected chi connectivity index (χ1v) is 7.31. The predicted octanol–water partition coefficient (Wildman–Crippen LogP) is 3.41. The highest BCUT2D eigenvalue weighted by molar-refractivity contribution is 9.10. The number of para-hydroxylation sites is 1. The second kappa shape index (κ2) is 6.02. The molecule has 0 aromatic heterocycles. The largest absolute Gasteiger partial charge is 0.367 e. The van der Waals surface area contributed by atoms with Crippen LogP contribution >= 0.6 is 15.9 Å². The highest BCUT2D eigenvalue weighted by atomic mass is 79.9. The van der Waals surface area contributed by atoms with Crippen molar-refractivity contribution in [3.05, 3.63) is 28.5 Å². The summed E-state index contributed by atoms with van der Waals surface area (Å²) in [7, 11) is 0. The van der Waals surface area contributed by atoms with Crippen LogP contribution in [0.2, 0.25) is 0 Å². The van der Waals surface area contributed by atoms with Crippen molar-refractivity contribution in [1.82, 2.24) is 5.32 Å². The fourth-order valence-corrected chi connectivity index (χ4v) is 2.98. The molecule has 2 rings (SSSR count). The molecule has 1 unspecified atom stereocenters. The second-order valence-electron chi connectivity index (χ2n) is 5.17. The quantitative estimate of drug-likeness (QED) is 0.900. The molecule has 1 saturated heterocycles. The van der Waals surface area contributed by atoms with E-state index in [2.05, 4.69) is 40.0 Å². The molecule has 1 aromatic carbocycles. The average Bonchev–Trinajstić information content (AvgIpc) is 2.54. The van der Waals surface area contributed by atoms with E-state index in [-0.39, 0.29) is 5.82 Å². The Balaban J connectivity index is 2.25. The Morgan fingerprint density at radius 2 is 2.22 bits per heavy atom. The molecule has 0 radical (unpaired) electrons. The van der Waals surface area contributed by atoms with Crippen LogP contribution in [0.15, 0.2) is 22.7 Å². The van der Waals surface area contributed by atoms with E-state index in [0.29, 0.717) is 17.6 Å². The molecule has 1 aliphatic rings. The average molecular weight is 315 g/mol. The third-order valence-electron chi connectivity index (χ3n) is 3.49. The lowest BCUT2D eigenvalue weighted by atomic mass is 10.0. The van der Waals surface area contributed by atoms with E-state index in [0.717, 1.165) is 30.5 Å². The topological polar surface area (TPSA) is 15.3 Å². The number of benzene rings is 1. The van der Waals surface area contributed by atoms with Crippen molar-refractivity contribution < 1.29 is 4.39 Å². The van der Waals surface area contributed by atoms with Gasteiger partial charge in [-0.05, 0) is 46.9 Å². The van der Waals surface area contributed by atoms with Gasteiger partial charge in [0.05, 0.1) is 5.69 Å². The summed E-state index contributed by atoms with van der Waals surface area (Å²) in [5.41, 5.74) is 0.701. The molecule has 0 saturated carbocycles. The normalized spacial score (nSPS) is 21.2. The van der Waals surface area contributed by atoms with Crippen molar-refractivity contribution >= 4 is 21.6 Å². The maximum atomic E-state index is 14.0. The van der Waals surface area contributed by atoms with Crippen LogP contribution in [-0.2, 0) is 0 Å². The van der Waals surface area contributed by atoms with Crippen LogP contribution in [0.4, 0.5) is 10.1 Å². The van der Waals surface area contributed by atoms with Crippen LogP contribution in [0.1, 0.15) is 20.3 Å². The highest BCUT2D eigenvalue weighted by Gasteiger charge is 2.23. The van der Waals surface area contributed by atoms with Gasteiger partial charge in [-0.2, -0.15) is 0 Å². The van der Waals surface area contributed by atoms with Gasteiger partial charge in [-0.15, -0.1) is 0 Å². The van der Waals surface area contributed by atoms with Gasteiger partial charge in [-0.1, -0.05) is 19.9 Å². The molecule has 4 heteroatoms. The smallest absolute Gasteiger partial charge is 0.147 e. The first kappa shape index (κ1) is 13.8. The van der Waals surface area contributed by atoms with Crippen molar-refractivity contribution in [3.63, 3.8) is 0 Å².